The molecule has 0 saturated carbocycles. The molecule has 26 heavy (non-hydrogen) atoms. The van der Waals surface area contributed by atoms with Gasteiger partial charge in [0.15, 0.2) is 0 Å². The van der Waals surface area contributed by atoms with E-state index in [1.165, 1.54) is 17.3 Å². The molecule has 132 valence electrons. The van der Waals surface area contributed by atoms with Crippen LogP contribution in [0.4, 0.5) is 0 Å². The highest BCUT2D eigenvalue weighted by molar-refractivity contribution is 5.32. The summed E-state index contributed by atoms with van der Waals surface area (Å²) in [6, 6.07) is 24.9. The number of hydrogen-bond donors (Lipinski definition) is 1. The van der Waals surface area contributed by atoms with Gasteiger partial charge in [-0.1, -0.05) is 60.7 Å². The molecule has 1 aromatic heterocycles. The summed E-state index contributed by atoms with van der Waals surface area (Å²) in [5.41, 5.74) is 3.41. The summed E-state index contributed by atoms with van der Waals surface area (Å²) in [4.78, 5) is 6.79. The second-order valence-corrected chi connectivity index (χ2v) is 6.52. The van der Waals surface area contributed by atoms with E-state index in [0.29, 0.717) is 6.61 Å². The summed E-state index contributed by atoms with van der Waals surface area (Å²) < 4.78 is 5.97. The number of pyridine rings is 1. The van der Waals surface area contributed by atoms with Crippen molar-refractivity contribution < 1.29 is 9.84 Å². The SMILES string of the molecule is Oc1ccc(C2CN(C(c3ccccc3)c3ccccc3)CCO2)nc1. The Labute approximate surface area is 153 Å². The van der Waals surface area contributed by atoms with Gasteiger partial charge in [0.1, 0.15) is 11.9 Å². The second-order valence-electron chi connectivity index (χ2n) is 6.52. The Morgan fingerprint density at radius 3 is 2.15 bits per heavy atom. The second kappa shape index (κ2) is 7.68. The first-order valence-electron chi connectivity index (χ1n) is 8.92. The Hall–Kier alpha value is -2.69. The van der Waals surface area contributed by atoms with Crippen LogP contribution in [0.2, 0.25) is 0 Å². The third-order valence-electron chi connectivity index (χ3n) is 4.79. The molecule has 0 radical (unpaired) electrons. The van der Waals surface area contributed by atoms with Crippen LogP contribution in [0.3, 0.4) is 0 Å². The van der Waals surface area contributed by atoms with Crippen LogP contribution < -0.4 is 0 Å². The molecule has 4 rings (SSSR count). The fourth-order valence-electron chi connectivity index (χ4n) is 3.56. The molecule has 1 saturated heterocycles. The largest absolute Gasteiger partial charge is 0.506 e. The van der Waals surface area contributed by atoms with Crippen LogP contribution in [0.15, 0.2) is 79.0 Å². The molecule has 1 atom stereocenters. The van der Waals surface area contributed by atoms with E-state index in [-0.39, 0.29) is 17.9 Å². The van der Waals surface area contributed by atoms with E-state index in [1.807, 2.05) is 18.2 Å². The number of benzene rings is 2. The van der Waals surface area contributed by atoms with Crippen molar-refractivity contribution in [2.24, 2.45) is 0 Å². The minimum atomic E-state index is -0.0979. The molecular formula is C22H22N2O2. The maximum absolute atomic E-state index is 9.48. The summed E-state index contributed by atoms with van der Waals surface area (Å²) in [6.07, 6.45) is 1.38. The summed E-state index contributed by atoms with van der Waals surface area (Å²) in [5.74, 6) is 0.174. The zero-order chi connectivity index (χ0) is 17.8. The number of hydrogen-bond acceptors (Lipinski definition) is 4. The number of ether oxygens (including phenoxy) is 1. The fraction of sp³-hybridized carbons (Fsp3) is 0.227. The topological polar surface area (TPSA) is 45.6 Å². The van der Waals surface area contributed by atoms with Gasteiger partial charge in [0, 0.05) is 13.1 Å². The highest BCUT2D eigenvalue weighted by atomic mass is 16.5. The number of morpholine rings is 1. The van der Waals surface area contributed by atoms with Crippen LogP contribution in [-0.4, -0.2) is 34.7 Å². The van der Waals surface area contributed by atoms with Gasteiger partial charge in [-0.05, 0) is 23.3 Å². The summed E-state index contributed by atoms with van der Waals surface area (Å²) >= 11 is 0. The molecule has 1 aliphatic rings. The standard InChI is InChI=1S/C22H22N2O2/c25-19-11-12-20(23-15-19)21-16-24(13-14-26-21)22(17-7-3-1-4-8-17)18-9-5-2-6-10-18/h1-12,15,21-22,25H,13-14,16H2. The molecule has 4 nitrogen and oxygen atoms in total. The lowest BCUT2D eigenvalue weighted by molar-refractivity contribution is -0.0422. The zero-order valence-corrected chi connectivity index (χ0v) is 14.5. The summed E-state index contributed by atoms with van der Waals surface area (Å²) in [7, 11) is 0. The first-order valence-corrected chi connectivity index (χ1v) is 8.92. The lowest BCUT2D eigenvalue weighted by Crippen LogP contribution is -2.41. The molecule has 1 aliphatic heterocycles. The predicted molar refractivity (Wildman–Crippen MR) is 101 cm³/mol. The van der Waals surface area contributed by atoms with Gasteiger partial charge in [-0.2, -0.15) is 0 Å². The van der Waals surface area contributed by atoms with E-state index >= 15 is 0 Å². The molecule has 2 heterocycles. The van der Waals surface area contributed by atoms with Gasteiger partial charge < -0.3 is 9.84 Å². The molecule has 2 aromatic carbocycles. The Kier molecular flexibility index (Phi) is 4.95. The molecule has 0 aliphatic carbocycles. The van der Waals surface area contributed by atoms with Crippen LogP contribution in [0.1, 0.15) is 29.0 Å². The van der Waals surface area contributed by atoms with Crippen LogP contribution in [0, 0.1) is 0 Å². The van der Waals surface area contributed by atoms with E-state index in [4.69, 9.17) is 4.74 Å². The lowest BCUT2D eigenvalue weighted by Gasteiger charge is -2.38. The summed E-state index contributed by atoms with van der Waals surface area (Å²) in [5, 5.41) is 9.48. The Morgan fingerprint density at radius 2 is 1.58 bits per heavy atom. The molecular weight excluding hydrogens is 324 g/mol. The van der Waals surface area contributed by atoms with Gasteiger partial charge in [0.05, 0.1) is 24.5 Å². The summed E-state index contributed by atoms with van der Waals surface area (Å²) in [6.45, 7) is 2.28. The van der Waals surface area contributed by atoms with Crippen molar-refractivity contribution in [3.63, 3.8) is 0 Å². The van der Waals surface area contributed by atoms with Crippen molar-refractivity contribution in [2.45, 2.75) is 12.1 Å². The van der Waals surface area contributed by atoms with Crippen LogP contribution in [0.25, 0.3) is 0 Å². The van der Waals surface area contributed by atoms with Crippen molar-refractivity contribution in [1.82, 2.24) is 9.88 Å². The van der Waals surface area contributed by atoms with E-state index in [9.17, 15) is 5.11 Å². The quantitative estimate of drug-likeness (QED) is 0.777. The molecule has 1 fully saturated rings. The number of nitrogens with zero attached hydrogens (tertiary/aromatic N) is 2. The third-order valence-corrected chi connectivity index (χ3v) is 4.79. The molecule has 3 aromatic rings. The van der Waals surface area contributed by atoms with Gasteiger partial charge in [-0.15, -0.1) is 0 Å². The molecule has 1 unspecified atom stereocenters. The van der Waals surface area contributed by atoms with E-state index in [1.54, 1.807) is 6.07 Å². The highest BCUT2D eigenvalue weighted by Crippen LogP contribution is 2.33. The van der Waals surface area contributed by atoms with Crippen LogP contribution in [-0.2, 0) is 4.74 Å². The first kappa shape index (κ1) is 16.8. The lowest BCUT2D eigenvalue weighted by atomic mass is 9.96. The molecule has 0 bridgehead atoms. The molecule has 0 amide bonds. The Bertz CT molecular complexity index is 782. The van der Waals surface area contributed by atoms with Crippen molar-refractivity contribution in [3.8, 4) is 5.75 Å². The highest BCUT2D eigenvalue weighted by Gasteiger charge is 2.29. The first-order chi connectivity index (χ1) is 12.8. The van der Waals surface area contributed by atoms with Crippen molar-refractivity contribution >= 4 is 0 Å². The molecule has 1 N–H and O–H groups in total. The van der Waals surface area contributed by atoms with Crippen LogP contribution >= 0.6 is 0 Å². The van der Waals surface area contributed by atoms with Gasteiger partial charge >= 0.3 is 0 Å². The van der Waals surface area contributed by atoms with Crippen molar-refractivity contribution in [2.75, 3.05) is 19.7 Å². The number of aromatic nitrogens is 1. The predicted octanol–water partition coefficient (Wildman–Crippen LogP) is 3.95. The maximum Gasteiger partial charge on any atom is 0.133 e. The smallest absolute Gasteiger partial charge is 0.133 e. The van der Waals surface area contributed by atoms with E-state index in [0.717, 1.165) is 18.8 Å². The van der Waals surface area contributed by atoms with Gasteiger partial charge in [-0.3, -0.25) is 9.88 Å². The fourth-order valence-corrected chi connectivity index (χ4v) is 3.56. The number of rotatable bonds is 4. The Morgan fingerprint density at radius 1 is 0.923 bits per heavy atom. The average Bonchev–Trinajstić information content (AvgIpc) is 2.71. The van der Waals surface area contributed by atoms with Crippen molar-refractivity contribution in [3.05, 3.63) is 95.8 Å². The Balaban J connectivity index is 1.64. The van der Waals surface area contributed by atoms with Crippen LogP contribution in [0.5, 0.6) is 5.75 Å². The molecule has 4 heteroatoms. The van der Waals surface area contributed by atoms with Gasteiger partial charge in [-0.25, -0.2) is 0 Å². The van der Waals surface area contributed by atoms with E-state index in [2.05, 4.69) is 58.4 Å². The van der Waals surface area contributed by atoms with Gasteiger partial charge in [0.25, 0.3) is 0 Å². The zero-order valence-electron chi connectivity index (χ0n) is 14.5. The average molecular weight is 346 g/mol. The normalized spacial score (nSPS) is 18.1. The maximum atomic E-state index is 9.48. The van der Waals surface area contributed by atoms with Crippen molar-refractivity contribution in [1.29, 1.82) is 0 Å². The number of aromatic hydroxyl groups is 1. The minimum absolute atomic E-state index is 0.0979. The molecule has 0 spiro atoms. The monoisotopic (exact) mass is 346 g/mol. The van der Waals surface area contributed by atoms with E-state index < -0.39 is 0 Å². The third kappa shape index (κ3) is 3.62. The van der Waals surface area contributed by atoms with Gasteiger partial charge in [0.2, 0.25) is 0 Å². The minimum Gasteiger partial charge on any atom is -0.506 e.